The van der Waals surface area contributed by atoms with E-state index >= 15 is 0 Å². The number of ether oxygens (including phenoxy) is 1. The largest absolute Gasteiger partial charge is 0.494 e. The Balaban J connectivity index is 1.66. The van der Waals surface area contributed by atoms with Gasteiger partial charge in [-0.1, -0.05) is 15.9 Å². The molecule has 1 amide bonds. The van der Waals surface area contributed by atoms with Crippen molar-refractivity contribution in [3.63, 3.8) is 0 Å². The Bertz CT molecular complexity index is 503. The maximum Gasteiger partial charge on any atom is 0.308 e. The molecule has 0 aromatic heterocycles. The molecule has 1 aliphatic heterocycles. The van der Waals surface area contributed by atoms with Crippen LogP contribution in [0, 0.1) is 5.92 Å². The minimum absolute atomic E-state index is 0.0122. The number of carbonyl (C=O) groups is 2. The van der Waals surface area contributed by atoms with Gasteiger partial charge in [0.25, 0.3) is 0 Å². The zero-order valence-corrected chi connectivity index (χ0v) is 13.2. The van der Waals surface area contributed by atoms with Gasteiger partial charge in [0.05, 0.1) is 12.5 Å². The number of nitrogens with zero attached hydrogens (tertiary/aromatic N) is 1. The minimum atomic E-state index is -0.816. The maximum absolute atomic E-state index is 11.9. The molecule has 1 aromatic rings. The summed E-state index contributed by atoms with van der Waals surface area (Å²) in [5, 5.41) is 8.91. The lowest BCUT2D eigenvalue weighted by atomic mass is 10.1. The first-order chi connectivity index (χ1) is 10.1. The first-order valence-corrected chi connectivity index (χ1v) is 7.74. The number of rotatable bonds is 6. The lowest BCUT2D eigenvalue weighted by Crippen LogP contribution is -2.30. The topological polar surface area (TPSA) is 66.8 Å². The van der Waals surface area contributed by atoms with Gasteiger partial charge in [0, 0.05) is 24.0 Å². The van der Waals surface area contributed by atoms with E-state index in [2.05, 4.69) is 15.9 Å². The van der Waals surface area contributed by atoms with Crippen molar-refractivity contribution in [1.82, 2.24) is 4.90 Å². The van der Waals surface area contributed by atoms with Gasteiger partial charge in [0.2, 0.25) is 5.91 Å². The van der Waals surface area contributed by atoms with Crippen LogP contribution >= 0.6 is 15.9 Å². The Hall–Kier alpha value is -1.56. The zero-order chi connectivity index (χ0) is 15.2. The highest BCUT2D eigenvalue weighted by molar-refractivity contribution is 9.10. The molecule has 1 atom stereocenters. The maximum atomic E-state index is 11.9. The third-order valence-electron chi connectivity index (χ3n) is 3.51. The molecule has 0 saturated carbocycles. The lowest BCUT2D eigenvalue weighted by Gasteiger charge is -2.15. The summed E-state index contributed by atoms with van der Waals surface area (Å²) in [4.78, 5) is 24.4. The van der Waals surface area contributed by atoms with Gasteiger partial charge in [0.15, 0.2) is 0 Å². The van der Waals surface area contributed by atoms with Crippen LogP contribution in [0.1, 0.15) is 19.3 Å². The molecule has 0 spiro atoms. The van der Waals surface area contributed by atoms with E-state index in [-0.39, 0.29) is 5.91 Å². The standard InChI is InChI=1S/C15H18BrNO4/c16-12-3-5-13(6-4-12)21-9-1-2-14(18)17-8-7-11(10-17)15(19)20/h3-6,11H,1-2,7-10H2,(H,19,20). The van der Waals surface area contributed by atoms with Crippen molar-refractivity contribution in [3.05, 3.63) is 28.7 Å². The predicted molar refractivity (Wildman–Crippen MR) is 81.2 cm³/mol. The second-order valence-electron chi connectivity index (χ2n) is 5.07. The average molecular weight is 356 g/mol. The molecule has 0 radical (unpaired) electrons. The molecule has 1 heterocycles. The Labute approximate surface area is 132 Å². The van der Waals surface area contributed by atoms with Crippen LogP contribution in [-0.4, -0.2) is 41.6 Å². The first-order valence-electron chi connectivity index (χ1n) is 6.95. The molecule has 114 valence electrons. The Morgan fingerprint density at radius 2 is 2.05 bits per heavy atom. The van der Waals surface area contributed by atoms with E-state index in [0.29, 0.717) is 39.0 Å². The van der Waals surface area contributed by atoms with Crippen molar-refractivity contribution < 1.29 is 19.4 Å². The third kappa shape index (κ3) is 4.74. The van der Waals surface area contributed by atoms with Crippen molar-refractivity contribution in [2.45, 2.75) is 19.3 Å². The van der Waals surface area contributed by atoms with Gasteiger partial charge in [-0.25, -0.2) is 0 Å². The summed E-state index contributed by atoms with van der Waals surface area (Å²) in [5.74, 6) is -0.437. The summed E-state index contributed by atoms with van der Waals surface area (Å²) in [5.41, 5.74) is 0. The van der Waals surface area contributed by atoms with E-state index < -0.39 is 11.9 Å². The van der Waals surface area contributed by atoms with Crippen molar-refractivity contribution in [3.8, 4) is 5.75 Å². The number of hydrogen-bond donors (Lipinski definition) is 1. The summed E-state index contributed by atoms with van der Waals surface area (Å²) < 4.78 is 6.54. The molecule has 21 heavy (non-hydrogen) atoms. The fraction of sp³-hybridized carbons (Fsp3) is 0.467. The molecular formula is C15H18BrNO4. The number of benzene rings is 1. The van der Waals surface area contributed by atoms with Gasteiger partial charge in [-0.05, 0) is 37.1 Å². The molecule has 1 saturated heterocycles. The highest BCUT2D eigenvalue weighted by Crippen LogP contribution is 2.18. The van der Waals surface area contributed by atoms with Gasteiger partial charge < -0.3 is 14.7 Å². The molecule has 1 N–H and O–H groups in total. The van der Waals surface area contributed by atoms with Crippen LogP contribution in [0.15, 0.2) is 28.7 Å². The number of carboxylic acids is 1. The molecule has 1 aliphatic rings. The highest BCUT2D eigenvalue weighted by atomic mass is 79.9. The monoisotopic (exact) mass is 355 g/mol. The van der Waals surface area contributed by atoms with Crippen LogP contribution in [0.5, 0.6) is 5.75 Å². The van der Waals surface area contributed by atoms with E-state index in [1.807, 2.05) is 24.3 Å². The molecule has 6 heteroatoms. The average Bonchev–Trinajstić information content (AvgIpc) is 2.95. The van der Waals surface area contributed by atoms with Gasteiger partial charge in [-0.2, -0.15) is 0 Å². The van der Waals surface area contributed by atoms with Crippen molar-refractivity contribution in [2.75, 3.05) is 19.7 Å². The lowest BCUT2D eigenvalue weighted by molar-refractivity contribution is -0.141. The molecule has 0 bridgehead atoms. The summed E-state index contributed by atoms with van der Waals surface area (Å²) in [7, 11) is 0. The zero-order valence-electron chi connectivity index (χ0n) is 11.6. The molecule has 1 aromatic carbocycles. The molecule has 0 aliphatic carbocycles. The quantitative estimate of drug-likeness (QED) is 0.796. The summed E-state index contributed by atoms with van der Waals surface area (Å²) in [6.07, 6.45) is 1.57. The van der Waals surface area contributed by atoms with Crippen molar-refractivity contribution >= 4 is 27.8 Å². The van der Waals surface area contributed by atoms with E-state index in [1.54, 1.807) is 4.90 Å². The minimum Gasteiger partial charge on any atom is -0.494 e. The second kappa shape index (κ2) is 7.45. The van der Waals surface area contributed by atoms with Crippen LogP contribution in [0.4, 0.5) is 0 Å². The molecule has 2 rings (SSSR count). The van der Waals surface area contributed by atoms with Gasteiger partial charge in [0.1, 0.15) is 5.75 Å². The van der Waals surface area contributed by atoms with Gasteiger partial charge in [-0.3, -0.25) is 9.59 Å². The first kappa shape index (κ1) is 15.8. The number of carbonyl (C=O) groups excluding carboxylic acids is 1. The van der Waals surface area contributed by atoms with E-state index in [9.17, 15) is 9.59 Å². The fourth-order valence-corrected chi connectivity index (χ4v) is 2.56. The second-order valence-corrected chi connectivity index (χ2v) is 5.99. The fourth-order valence-electron chi connectivity index (χ4n) is 2.29. The molecular weight excluding hydrogens is 338 g/mol. The van der Waals surface area contributed by atoms with E-state index in [0.717, 1.165) is 10.2 Å². The van der Waals surface area contributed by atoms with Crippen LogP contribution in [0.3, 0.4) is 0 Å². The smallest absolute Gasteiger partial charge is 0.308 e. The number of likely N-dealkylation sites (tertiary alicyclic amines) is 1. The Kier molecular flexibility index (Phi) is 5.61. The van der Waals surface area contributed by atoms with Crippen molar-refractivity contribution in [2.24, 2.45) is 5.92 Å². The SMILES string of the molecule is O=C(O)C1CCN(C(=O)CCCOc2ccc(Br)cc2)C1. The third-order valence-corrected chi connectivity index (χ3v) is 4.04. The summed E-state index contributed by atoms with van der Waals surface area (Å²) in [6.45, 7) is 1.36. The van der Waals surface area contributed by atoms with E-state index in [4.69, 9.17) is 9.84 Å². The summed E-state index contributed by atoms with van der Waals surface area (Å²) in [6, 6.07) is 7.53. The van der Waals surface area contributed by atoms with Crippen LogP contribution in [-0.2, 0) is 9.59 Å². The molecule has 1 unspecified atom stereocenters. The Morgan fingerprint density at radius 3 is 2.67 bits per heavy atom. The highest BCUT2D eigenvalue weighted by Gasteiger charge is 2.30. The van der Waals surface area contributed by atoms with Gasteiger partial charge in [-0.15, -0.1) is 0 Å². The van der Waals surface area contributed by atoms with E-state index in [1.165, 1.54) is 0 Å². The molecule has 5 nitrogen and oxygen atoms in total. The number of hydrogen-bond acceptors (Lipinski definition) is 3. The van der Waals surface area contributed by atoms with Crippen LogP contribution in [0.25, 0.3) is 0 Å². The predicted octanol–water partition coefficient (Wildman–Crippen LogP) is 2.54. The van der Waals surface area contributed by atoms with Crippen LogP contribution in [0.2, 0.25) is 0 Å². The number of amides is 1. The number of aliphatic carboxylic acids is 1. The Morgan fingerprint density at radius 1 is 1.33 bits per heavy atom. The van der Waals surface area contributed by atoms with Crippen molar-refractivity contribution in [1.29, 1.82) is 0 Å². The number of halogens is 1. The van der Waals surface area contributed by atoms with Gasteiger partial charge >= 0.3 is 5.97 Å². The number of carboxylic acid groups (broad SMARTS) is 1. The van der Waals surface area contributed by atoms with Crippen LogP contribution < -0.4 is 4.74 Å². The molecule has 1 fully saturated rings. The normalized spacial score (nSPS) is 17.8. The summed E-state index contributed by atoms with van der Waals surface area (Å²) >= 11 is 3.35.